The predicted molar refractivity (Wildman–Crippen MR) is 111 cm³/mol. The van der Waals surface area contributed by atoms with Gasteiger partial charge in [-0.05, 0) is 26.0 Å². The number of pyridine rings is 1. The van der Waals surface area contributed by atoms with E-state index in [2.05, 4.69) is 20.0 Å². The summed E-state index contributed by atoms with van der Waals surface area (Å²) in [5, 5.41) is 11.4. The van der Waals surface area contributed by atoms with E-state index in [-0.39, 0.29) is 23.1 Å². The number of aromatic nitrogens is 4. The second kappa shape index (κ2) is 9.30. The van der Waals surface area contributed by atoms with Crippen molar-refractivity contribution in [3.8, 4) is 0 Å². The zero-order valence-electron chi connectivity index (χ0n) is 17.7. The van der Waals surface area contributed by atoms with Gasteiger partial charge in [-0.15, -0.1) is 0 Å². The van der Waals surface area contributed by atoms with Crippen molar-refractivity contribution in [2.75, 3.05) is 24.5 Å². The number of fused-ring (bicyclic) bond motifs is 1. The molecule has 1 fully saturated rings. The first-order valence-corrected chi connectivity index (χ1v) is 9.82. The first kappa shape index (κ1) is 23.8. The van der Waals surface area contributed by atoms with Crippen molar-refractivity contribution in [1.29, 1.82) is 0 Å². The van der Waals surface area contributed by atoms with Gasteiger partial charge in [0.15, 0.2) is 0 Å². The second-order valence-corrected chi connectivity index (χ2v) is 7.41. The monoisotopic (exact) mass is 466 g/mol. The van der Waals surface area contributed by atoms with Crippen LogP contribution in [0.5, 0.6) is 0 Å². The van der Waals surface area contributed by atoms with E-state index in [1.54, 1.807) is 27.9 Å². The second-order valence-electron chi connectivity index (χ2n) is 7.41. The summed E-state index contributed by atoms with van der Waals surface area (Å²) in [7, 11) is 0. The number of carbonyl (C=O) groups is 2. The topological polar surface area (TPSA) is 124 Å². The van der Waals surface area contributed by atoms with E-state index in [0.29, 0.717) is 25.3 Å². The molecule has 1 aliphatic rings. The minimum Gasteiger partial charge on any atom is -0.475 e. The van der Waals surface area contributed by atoms with Crippen molar-refractivity contribution in [1.82, 2.24) is 24.5 Å². The highest BCUT2D eigenvalue weighted by molar-refractivity contribution is 5.94. The lowest BCUT2D eigenvalue weighted by molar-refractivity contribution is -0.192. The predicted octanol–water partition coefficient (Wildman–Crippen LogP) is 1.71. The lowest BCUT2D eigenvalue weighted by Gasteiger charge is -2.40. The SMILES string of the molecule is Cc1cc2[nH]c(=O)c(C(=O)N3CCN(c4ccncc4)CC3C)cn2n1.O=C(O)C(F)(F)F. The number of aromatic amines is 1. The number of carboxylic acid groups (broad SMARTS) is 1. The van der Waals surface area contributed by atoms with Crippen LogP contribution >= 0.6 is 0 Å². The fraction of sp³-hybridized carbons (Fsp3) is 0.350. The maximum atomic E-state index is 13.0. The number of amides is 1. The Hall–Kier alpha value is -3.90. The van der Waals surface area contributed by atoms with Crippen LogP contribution in [0.25, 0.3) is 5.65 Å². The summed E-state index contributed by atoms with van der Waals surface area (Å²) in [6, 6.07) is 5.68. The summed E-state index contributed by atoms with van der Waals surface area (Å²) in [5.41, 5.74) is 2.19. The molecule has 0 aliphatic carbocycles. The van der Waals surface area contributed by atoms with E-state index in [0.717, 1.165) is 11.4 Å². The summed E-state index contributed by atoms with van der Waals surface area (Å²) in [5.74, 6) is -3.02. The van der Waals surface area contributed by atoms with Crippen molar-refractivity contribution < 1.29 is 27.9 Å². The molecule has 1 atom stereocenters. The Kier molecular flexibility index (Phi) is 6.70. The molecular formula is C20H21F3N6O4. The van der Waals surface area contributed by atoms with Gasteiger partial charge in [-0.3, -0.25) is 14.6 Å². The van der Waals surface area contributed by atoms with Crippen LogP contribution in [0.15, 0.2) is 41.6 Å². The minimum absolute atomic E-state index is 0.0149. The summed E-state index contributed by atoms with van der Waals surface area (Å²) in [4.78, 5) is 45.0. The molecule has 0 spiro atoms. The first-order valence-electron chi connectivity index (χ1n) is 9.82. The molecule has 10 nitrogen and oxygen atoms in total. The molecule has 2 N–H and O–H groups in total. The van der Waals surface area contributed by atoms with E-state index in [1.807, 2.05) is 26.0 Å². The summed E-state index contributed by atoms with van der Waals surface area (Å²) in [6.45, 7) is 5.80. The van der Waals surface area contributed by atoms with Gasteiger partial charge in [-0.1, -0.05) is 0 Å². The Morgan fingerprint density at radius 1 is 1.21 bits per heavy atom. The number of hydrogen-bond acceptors (Lipinski definition) is 6. The number of carbonyl (C=O) groups excluding carboxylic acids is 1. The van der Waals surface area contributed by atoms with Gasteiger partial charge in [0.05, 0.1) is 5.69 Å². The molecule has 33 heavy (non-hydrogen) atoms. The number of aryl methyl sites for hydroxylation is 1. The number of aliphatic carboxylic acids is 1. The molecule has 0 bridgehead atoms. The average molecular weight is 466 g/mol. The Bertz CT molecular complexity index is 1210. The zero-order chi connectivity index (χ0) is 24.3. The number of halogens is 3. The molecule has 1 unspecified atom stereocenters. The Labute approximate surface area is 185 Å². The number of piperazine rings is 1. The van der Waals surface area contributed by atoms with Gasteiger partial charge < -0.3 is 19.9 Å². The van der Waals surface area contributed by atoms with Crippen molar-refractivity contribution in [3.05, 3.63) is 58.4 Å². The average Bonchev–Trinajstić information content (AvgIpc) is 3.11. The van der Waals surface area contributed by atoms with Crippen molar-refractivity contribution in [3.63, 3.8) is 0 Å². The van der Waals surface area contributed by atoms with Gasteiger partial charge in [-0.25, -0.2) is 9.31 Å². The van der Waals surface area contributed by atoms with Gasteiger partial charge in [-0.2, -0.15) is 18.3 Å². The third-order valence-corrected chi connectivity index (χ3v) is 4.98. The van der Waals surface area contributed by atoms with Gasteiger partial charge in [0, 0.05) is 56.0 Å². The molecule has 1 saturated heterocycles. The minimum atomic E-state index is -5.08. The summed E-state index contributed by atoms with van der Waals surface area (Å²) < 4.78 is 33.3. The van der Waals surface area contributed by atoms with Crippen LogP contribution in [0.2, 0.25) is 0 Å². The number of nitrogens with zero attached hydrogens (tertiary/aromatic N) is 5. The summed E-state index contributed by atoms with van der Waals surface area (Å²) in [6.07, 6.45) is -0.0395. The van der Waals surface area contributed by atoms with Crippen molar-refractivity contribution in [2.24, 2.45) is 0 Å². The van der Waals surface area contributed by atoms with Crippen molar-refractivity contribution >= 4 is 23.2 Å². The Morgan fingerprint density at radius 3 is 2.42 bits per heavy atom. The maximum absolute atomic E-state index is 13.0. The zero-order valence-corrected chi connectivity index (χ0v) is 17.7. The smallest absolute Gasteiger partial charge is 0.475 e. The molecule has 3 aromatic heterocycles. The molecule has 13 heteroatoms. The van der Waals surface area contributed by atoms with Crippen LogP contribution < -0.4 is 10.5 Å². The summed E-state index contributed by atoms with van der Waals surface area (Å²) >= 11 is 0. The fourth-order valence-electron chi connectivity index (χ4n) is 3.43. The van der Waals surface area contributed by atoms with Gasteiger partial charge in [0.1, 0.15) is 11.2 Å². The standard InChI is InChI=1S/C18H20N6O2.C2HF3O2/c1-12-9-16-20-17(25)15(11-24(16)21-12)18(26)23-8-7-22(10-13(23)2)14-3-5-19-6-4-14;3-2(4,5)1(6)7/h3-6,9,11,13H,7-8,10H2,1-2H3,(H,20,25);(H,6,7). The van der Waals surface area contributed by atoms with Crippen molar-refractivity contribution in [2.45, 2.75) is 26.1 Å². The van der Waals surface area contributed by atoms with Gasteiger partial charge >= 0.3 is 12.1 Å². The highest BCUT2D eigenvalue weighted by atomic mass is 19.4. The van der Waals surface area contributed by atoms with Gasteiger partial charge in [0.2, 0.25) is 0 Å². The lowest BCUT2D eigenvalue weighted by Crippen LogP contribution is -2.54. The van der Waals surface area contributed by atoms with E-state index < -0.39 is 12.1 Å². The third-order valence-electron chi connectivity index (χ3n) is 4.98. The molecule has 1 amide bonds. The molecular weight excluding hydrogens is 445 g/mol. The molecule has 3 aromatic rings. The fourth-order valence-corrected chi connectivity index (χ4v) is 3.43. The van der Waals surface area contributed by atoms with E-state index in [1.165, 1.54) is 6.20 Å². The van der Waals surface area contributed by atoms with E-state index in [4.69, 9.17) is 9.90 Å². The number of nitrogens with one attached hydrogen (secondary N) is 1. The molecule has 1 aliphatic heterocycles. The number of hydrogen-bond donors (Lipinski definition) is 2. The third kappa shape index (κ3) is 5.48. The first-order chi connectivity index (χ1) is 15.5. The lowest BCUT2D eigenvalue weighted by atomic mass is 10.1. The highest BCUT2D eigenvalue weighted by Crippen LogP contribution is 2.19. The van der Waals surface area contributed by atoms with Crippen LogP contribution in [-0.2, 0) is 4.79 Å². The van der Waals surface area contributed by atoms with Crippen LogP contribution in [0, 0.1) is 6.92 Å². The Balaban J connectivity index is 0.000000383. The molecule has 0 radical (unpaired) electrons. The van der Waals surface area contributed by atoms with E-state index in [9.17, 15) is 22.8 Å². The number of carboxylic acids is 1. The number of alkyl halides is 3. The molecule has 0 aromatic carbocycles. The number of rotatable bonds is 2. The van der Waals surface area contributed by atoms with E-state index >= 15 is 0 Å². The molecule has 0 saturated carbocycles. The van der Waals surface area contributed by atoms with Crippen LogP contribution in [0.4, 0.5) is 18.9 Å². The van der Waals surface area contributed by atoms with Crippen LogP contribution in [0.1, 0.15) is 23.0 Å². The van der Waals surface area contributed by atoms with Crippen LogP contribution in [-0.4, -0.2) is 73.3 Å². The number of anilines is 1. The maximum Gasteiger partial charge on any atom is 0.490 e. The van der Waals surface area contributed by atoms with Crippen LogP contribution in [0.3, 0.4) is 0 Å². The van der Waals surface area contributed by atoms with Gasteiger partial charge in [0.25, 0.3) is 11.5 Å². The molecule has 4 rings (SSSR count). The normalized spacial score (nSPS) is 16.3. The largest absolute Gasteiger partial charge is 0.490 e. The molecule has 176 valence electrons. The molecule has 4 heterocycles. The quantitative estimate of drug-likeness (QED) is 0.589. The number of H-pyrrole nitrogens is 1. The highest BCUT2D eigenvalue weighted by Gasteiger charge is 2.38. The Morgan fingerprint density at radius 2 is 1.85 bits per heavy atom.